The number of carbonyl (C=O) groups excluding carboxylic acids is 2. The second kappa shape index (κ2) is 21.2. The Kier molecular flexibility index (Phi) is 15.6. The fraction of sp³-hybridized carbons (Fsp3) is 0.366. The Balaban J connectivity index is 0.000000184. The number of nitrogens with one attached hydrogen (secondary N) is 2. The number of ether oxygens (including phenoxy) is 4. The second-order valence-electron chi connectivity index (χ2n) is 13.8. The molecule has 2 fully saturated rings. The van der Waals surface area contributed by atoms with E-state index in [9.17, 15) is 18.4 Å². The molecule has 322 valence electrons. The second-order valence-corrected chi connectivity index (χ2v) is 17.3. The summed E-state index contributed by atoms with van der Waals surface area (Å²) in [5, 5.41) is 11.8. The highest BCUT2D eigenvalue weighted by Crippen LogP contribution is 2.38. The number of esters is 2. The monoisotopic (exact) mass is 1000 g/mol. The van der Waals surface area contributed by atoms with Crippen molar-refractivity contribution in [1.29, 1.82) is 0 Å². The van der Waals surface area contributed by atoms with Gasteiger partial charge in [0.15, 0.2) is 21.7 Å². The highest BCUT2D eigenvalue weighted by molar-refractivity contribution is 9.10. The van der Waals surface area contributed by atoms with Crippen LogP contribution in [0.5, 0.6) is 0 Å². The Bertz CT molecular complexity index is 2320. The Morgan fingerprint density at radius 3 is 1.57 bits per heavy atom. The Morgan fingerprint density at radius 2 is 1.20 bits per heavy atom. The summed E-state index contributed by atoms with van der Waals surface area (Å²) in [7, 11) is 1.35. The number of hydrogen-bond acceptors (Lipinski definition) is 16. The molecule has 6 heterocycles. The first-order valence-electron chi connectivity index (χ1n) is 19.3. The molecule has 14 nitrogen and oxygen atoms in total. The van der Waals surface area contributed by atoms with Gasteiger partial charge >= 0.3 is 11.9 Å². The number of thiazole rings is 2. The van der Waals surface area contributed by atoms with Gasteiger partial charge in [-0.25, -0.2) is 28.3 Å². The quantitative estimate of drug-likeness (QED) is 0.165. The molecular weight excluding hydrogens is 962 g/mol. The third-order valence-electron chi connectivity index (χ3n) is 9.91. The summed E-state index contributed by atoms with van der Waals surface area (Å²) in [6.07, 6.45) is 3.41. The number of aliphatic imine (C=N–C) groups is 2. The van der Waals surface area contributed by atoms with Crippen molar-refractivity contribution in [2.24, 2.45) is 9.98 Å². The molecule has 4 aromatic rings. The number of amidine groups is 2. The van der Waals surface area contributed by atoms with E-state index in [1.54, 1.807) is 31.5 Å². The molecule has 0 bridgehead atoms. The highest BCUT2D eigenvalue weighted by Gasteiger charge is 2.36. The molecule has 2 aromatic heterocycles. The molecule has 4 aliphatic heterocycles. The van der Waals surface area contributed by atoms with Gasteiger partial charge in [-0.1, -0.05) is 44.0 Å². The van der Waals surface area contributed by atoms with Crippen molar-refractivity contribution >= 4 is 78.1 Å². The van der Waals surface area contributed by atoms with Crippen LogP contribution in [-0.2, 0) is 28.5 Å². The number of nitrogens with zero attached hydrogens (tertiary/aromatic N) is 6. The van der Waals surface area contributed by atoms with E-state index < -0.39 is 24.0 Å². The summed E-state index contributed by atoms with van der Waals surface area (Å²) < 4.78 is 49.9. The molecule has 20 heteroatoms. The summed E-state index contributed by atoms with van der Waals surface area (Å²) in [5.74, 6) is -0.519. The van der Waals surface area contributed by atoms with Crippen molar-refractivity contribution in [3.05, 3.63) is 124 Å². The van der Waals surface area contributed by atoms with Crippen LogP contribution in [0.3, 0.4) is 0 Å². The van der Waals surface area contributed by atoms with E-state index in [-0.39, 0.29) is 18.2 Å². The van der Waals surface area contributed by atoms with Gasteiger partial charge in [0.1, 0.15) is 23.7 Å². The van der Waals surface area contributed by atoms with Crippen LogP contribution in [0.15, 0.2) is 101 Å². The van der Waals surface area contributed by atoms with E-state index in [0.29, 0.717) is 104 Å². The van der Waals surface area contributed by atoms with E-state index >= 15 is 0 Å². The molecule has 2 unspecified atom stereocenters. The minimum absolute atomic E-state index is 0.244. The summed E-state index contributed by atoms with van der Waals surface area (Å²) in [6.45, 7) is 8.63. The number of halogens is 4. The summed E-state index contributed by atoms with van der Waals surface area (Å²) >= 11 is 9.77. The van der Waals surface area contributed by atoms with E-state index in [1.807, 2.05) is 10.8 Å². The first-order valence-corrected chi connectivity index (χ1v) is 22.7. The zero-order chi connectivity index (χ0) is 42.9. The minimum atomic E-state index is -0.663. The van der Waals surface area contributed by atoms with Crippen molar-refractivity contribution < 1.29 is 37.3 Å². The van der Waals surface area contributed by atoms with Gasteiger partial charge in [0.2, 0.25) is 0 Å². The molecular formula is C41H42Br2F2N8O6S2. The predicted molar refractivity (Wildman–Crippen MR) is 234 cm³/mol. The average molecular weight is 1000 g/mol. The Morgan fingerprint density at radius 1 is 0.754 bits per heavy atom. The molecule has 2 atom stereocenters. The molecule has 0 aliphatic carbocycles. The number of benzene rings is 2. The van der Waals surface area contributed by atoms with E-state index in [4.69, 9.17) is 28.9 Å². The van der Waals surface area contributed by atoms with Crippen LogP contribution in [0.2, 0.25) is 0 Å². The van der Waals surface area contributed by atoms with Crippen molar-refractivity contribution in [1.82, 2.24) is 30.4 Å². The number of aromatic nitrogens is 2. The van der Waals surface area contributed by atoms with Crippen LogP contribution in [0.4, 0.5) is 8.78 Å². The minimum Gasteiger partial charge on any atom is -0.466 e. The van der Waals surface area contributed by atoms with Crippen molar-refractivity contribution in [2.45, 2.75) is 19.0 Å². The third kappa shape index (κ3) is 11.0. The van der Waals surface area contributed by atoms with E-state index in [1.165, 1.54) is 54.0 Å². The number of carbonyl (C=O) groups is 2. The average Bonchev–Trinajstić information content (AvgIpc) is 4.01. The van der Waals surface area contributed by atoms with Gasteiger partial charge in [-0.05, 0) is 42.3 Å². The molecule has 0 saturated carbocycles. The van der Waals surface area contributed by atoms with Crippen LogP contribution >= 0.6 is 54.5 Å². The molecule has 8 rings (SSSR count). The Hall–Kier alpha value is -4.28. The third-order valence-corrected chi connectivity index (χ3v) is 12.8. The molecule has 2 saturated heterocycles. The summed E-state index contributed by atoms with van der Waals surface area (Å²) in [6, 6.07) is 7.42. The number of methoxy groups -OCH3 is 1. The first kappa shape index (κ1) is 44.8. The van der Waals surface area contributed by atoms with Crippen LogP contribution in [-0.4, -0.2) is 123 Å². The smallest absolute Gasteiger partial charge is 0.338 e. The van der Waals surface area contributed by atoms with Gasteiger partial charge in [-0.2, -0.15) is 0 Å². The lowest BCUT2D eigenvalue weighted by atomic mass is 9.95. The standard InChI is InChI=1S/C21H22BrFN4O3S.C20H20BrFN4O3S/c1-2-30-21(28)17-16(12-27-6-8-29-9-7-27)25-19(20-24-5-10-31-20)26-18(17)14-4-3-13(23)11-15(14)22;1-28-20(27)16-15(11-26-5-7-29-8-6-26)24-18(19-23-4-9-30-19)25-17(16)13-3-2-12(22)10-14(13)21/h3-5,10-11,18H,2,6-9,12H2,1H3,(H,25,26);2-4,9-10,17H,5-8,11H2,1H3,(H,24,25). The van der Waals surface area contributed by atoms with Gasteiger partial charge < -0.3 is 29.6 Å². The maximum absolute atomic E-state index is 13.8. The van der Waals surface area contributed by atoms with Crippen LogP contribution in [0.1, 0.15) is 40.1 Å². The van der Waals surface area contributed by atoms with Crippen molar-refractivity contribution in [2.75, 3.05) is 79.4 Å². The number of rotatable bonds is 11. The lowest BCUT2D eigenvalue weighted by Gasteiger charge is -2.32. The van der Waals surface area contributed by atoms with E-state index in [2.05, 4.69) is 62.3 Å². The van der Waals surface area contributed by atoms with Gasteiger partial charge in [-0.3, -0.25) is 19.8 Å². The van der Waals surface area contributed by atoms with Gasteiger partial charge in [0, 0.05) is 82.8 Å². The van der Waals surface area contributed by atoms with Crippen LogP contribution < -0.4 is 10.6 Å². The van der Waals surface area contributed by atoms with Gasteiger partial charge in [-0.15, -0.1) is 22.7 Å². The molecule has 2 N–H and O–H groups in total. The zero-order valence-electron chi connectivity index (χ0n) is 33.2. The molecule has 4 aliphatic rings. The molecule has 0 radical (unpaired) electrons. The highest BCUT2D eigenvalue weighted by atomic mass is 79.9. The molecule has 0 spiro atoms. The van der Waals surface area contributed by atoms with Crippen molar-refractivity contribution in [3.8, 4) is 0 Å². The summed E-state index contributed by atoms with van der Waals surface area (Å²) in [5.41, 5.74) is 3.58. The SMILES string of the molecule is CCOC(=O)C1=C(CN2CCOCC2)NC(c2nccs2)=NC1c1ccc(F)cc1Br.COC(=O)C1=C(CN2CCOCC2)NC(c2nccs2)=NC1c1ccc(F)cc1Br. The lowest BCUT2D eigenvalue weighted by molar-refractivity contribution is -0.139. The van der Waals surface area contributed by atoms with Crippen LogP contribution in [0.25, 0.3) is 0 Å². The maximum Gasteiger partial charge on any atom is 0.338 e. The first-order chi connectivity index (χ1) is 29.6. The topological polar surface area (TPSA) is 152 Å². The fourth-order valence-electron chi connectivity index (χ4n) is 7.00. The van der Waals surface area contributed by atoms with Gasteiger partial charge in [0.05, 0.1) is 51.3 Å². The van der Waals surface area contributed by atoms with Crippen molar-refractivity contribution in [3.63, 3.8) is 0 Å². The number of hydrogen-bond donors (Lipinski definition) is 2. The normalized spacial score (nSPS) is 19.8. The predicted octanol–water partition coefficient (Wildman–Crippen LogP) is 6.18. The van der Waals surface area contributed by atoms with Crippen LogP contribution in [0, 0.1) is 11.6 Å². The van der Waals surface area contributed by atoms with E-state index in [0.717, 1.165) is 26.2 Å². The Labute approximate surface area is 376 Å². The molecule has 2 aromatic carbocycles. The molecule has 0 amide bonds. The number of morpholine rings is 2. The fourth-order valence-corrected chi connectivity index (χ4v) is 9.31. The molecule has 61 heavy (non-hydrogen) atoms. The maximum atomic E-state index is 13.8. The zero-order valence-corrected chi connectivity index (χ0v) is 38.0. The summed E-state index contributed by atoms with van der Waals surface area (Å²) in [4.78, 5) is 48.6. The largest absolute Gasteiger partial charge is 0.466 e. The van der Waals surface area contributed by atoms with Gasteiger partial charge in [0.25, 0.3) is 0 Å². The lowest BCUT2D eigenvalue weighted by Crippen LogP contribution is -2.43.